The van der Waals surface area contributed by atoms with Crippen LogP contribution >= 0.6 is 15.9 Å². The first-order valence-corrected chi connectivity index (χ1v) is 5.81. The van der Waals surface area contributed by atoms with Crippen molar-refractivity contribution >= 4 is 15.9 Å². The van der Waals surface area contributed by atoms with E-state index in [4.69, 9.17) is 10.8 Å². The minimum absolute atomic E-state index is 0.0914. The van der Waals surface area contributed by atoms with Gasteiger partial charge in [0.05, 0.1) is 11.2 Å². The summed E-state index contributed by atoms with van der Waals surface area (Å²) in [4.78, 5) is 3.55. The lowest BCUT2D eigenvalue weighted by molar-refractivity contribution is -0.210. The number of rotatable bonds is 4. The van der Waals surface area contributed by atoms with Crippen LogP contribution in [0.3, 0.4) is 0 Å². The van der Waals surface area contributed by atoms with Crippen LogP contribution in [0.5, 0.6) is 0 Å². The van der Waals surface area contributed by atoms with Crippen molar-refractivity contribution in [1.82, 2.24) is 4.98 Å². The Morgan fingerprint density at radius 1 is 1.37 bits per heavy atom. The fraction of sp³-hybridized carbons (Fsp3) is 0.500. The molecule has 0 aliphatic rings. The number of hydrogen-bond donors (Lipinski definition) is 2. The van der Waals surface area contributed by atoms with E-state index >= 15 is 0 Å². The first kappa shape index (κ1) is 16.3. The number of aliphatic hydroxyl groups excluding tert-OH is 1. The van der Waals surface area contributed by atoms with E-state index in [1.165, 1.54) is 6.07 Å². The molecule has 1 aromatic heterocycles. The molecule has 19 heavy (non-hydrogen) atoms. The van der Waals surface area contributed by atoms with E-state index < -0.39 is 42.4 Å². The Morgan fingerprint density at radius 2 is 1.95 bits per heavy atom. The fourth-order valence-corrected chi connectivity index (χ4v) is 1.75. The van der Waals surface area contributed by atoms with E-state index in [-0.39, 0.29) is 4.60 Å². The van der Waals surface area contributed by atoms with E-state index in [1.807, 2.05) is 0 Å². The topological polar surface area (TPSA) is 59.1 Å². The van der Waals surface area contributed by atoms with Gasteiger partial charge in [-0.25, -0.2) is 13.8 Å². The summed E-state index contributed by atoms with van der Waals surface area (Å²) in [5.41, 5.74) is 2.40. The minimum atomic E-state index is -4.97. The van der Waals surface area contributed by atoms with Gasteiger partial charge in [-0.05, 0) is 28.1 Å². The van der Waals surface area contributed by atoms with Crippen LogP contribution in [0.4, 0.5) is 22.0 Å². The van der Waals surface area contributed by atoms with E-state index in [1.54, 1.807) is 0 Å². The SMILES string of the molecule is NC(CF)(CC(O)C(F)(F)F)c1nc(Br)ccc1F. The molecule has 1 heterocycles. The molecule has 0 fully saturated rings. The predicted molar refractivity (Wildman–Crippen MR) is 60.4 cm³/mol. The van der Waals surface area contributed by atoms with Crippen molar-refractivity contribution in [1.29, 1.82) is 0 Å². The number of hydrogen-bond acceptors (Lipinski definition) is 3. The average Bonchev–Trinajstić information content (AvgIpc) is 2.30. The van der Waals surface area contributed by atoms with Crippen molar-refractivity contribution < 1.29 is 27.1 Å². The van der Waals surface area contributed by atoms with Crippen molar-refractivity contribution in [3.05, 3.63) is 28.2 Å². The summed E-state index contributed by atoms with van der Waals surface area (Å²) < 4.78 is 63.3. The number of nitrogens with two attached hydrogens (primary N) is 1. The molecule has 9 heteroatoms. The van der Waals surface area contributed by atoms with Crippen LogP contribution in [0.25, 0.3) is 0 Å². The van der Waals surface area contributed by atoms with Crippen molar-refractivity contribution in [3.63, 3.8) is 0 Å². The number of alkyl halides is 4. The molecular weight excluding hydrogens is 339 g/mol. The van der Waals surface area contributed by atoms with Gasteiger partial charge in [-0.1, -0.05) is 0 Å². The third-order valence-electron chi connectivity index (χ3n) is 2.46. The van der Waals surface area contributed by atoms with Crippen LogP contribution in [0, 0.1) is 5.82 Å². The summed E-state index contributed by atoms with van der Waals surface area (Å²) in [7, 11) is 0. The highest BCUT2D eigenvalue weighted by Gasteiger charge is 2.45. The van der Waals surface area contributed by atoms with Crippen molar-refractivity contribution in [2.75, 3.05) is 6.67 Å². The van der Waals surface area contributed by atoms with Gasteiger partial charge < -0.3 is 10.8 Å². The van der Waals surface area contributed by atoms with Crippen LogP contribution < -0.4 is 5.73 Å². The molecule has 0 aromatic carbocycles. The lowest BCUT2D eigenvalue weighted by atomic mass is 9.90. The van der Waals surface area contributed by atoms with Gasteiger partial charge in [0.2, 0.25) is 0 Å². The van der Waals surface area contributed by atoms with Crippen molar-refractivity contribution in [3.8, 4) is 0 Å². The van der Waals surface area contributed by atoms with Crippen LogP contribution in [-0.4, -0.2) is 29.0 Å². The lowest BCUT2D eigenvalue weighted by Gasteiger charge is -2.29. The highest BCUT2D eigenvalue weighted by atomic mass is 79.9. The Kier molecular flexibility index (Phi) is 4.86. The Labute approximate surface area is 113 Å². The largest absolute Gasteiger partial charge is 0.414 e. The van der Waals surface area contributed by atoms with Gasteiger partial charge in [-0.3, -0.25) is 0 Å². The third kappa shape index (κ3) is 3.83. The summed E-state index contributed by atoms with van der Waals surface area (Å²) in [6, 6.07) is 2.08. The maximum absolute atomic E-state index is 13.5. The first-order valence-electron chi connectivity index (χ1n) is 5.02. The summed E-state index contributed by atoms with van der Waals surface area (Å²) in [6.45, 7) is -1.50. The average molecular weight is 349 g/mol. The zero-order valence-corrected chi connectivity index (χ0v) is 11.0. The molecule has 108 valence electrons. The van der Waals surface area contributed by atoms with Crippen molar-refractivity contribution in [2.24, 2.45) is 5.73 Å². The second-order valence-electron chi connectivity index (χ2n) is 4.02. The van der Waals surface area contributed by atoms with Gasteiger partial charge in [-0.2, -0.15) is 13.2 Å². The molecule has 0 aliphatic carbocycles. The van der Waals surface area contributed by atoms with E-state index in [0.717, 1.165) is 6.07 Å². The summed E-state index contributed by atoms with van der Waals surface area (Å²) in [6.07, 6.45) is -9.07. The molecule has 0 saturated heterocycles. The minimum Gasteiger partial charge on any atom is -0.384 e. The van der Waals surface area contributed by atoms with Gasteiger partial charge in [0, 0.05) is 6.42 Å². The Bertz CT molecular complexity index is 456. The number of pyridine rings is 1. The van der Waals surface area contributed by atoms with Gasteiger partial charge in [-0.15, -0.1) is 0 Å². The summed E-state index contributed by atoms with van der Waals surface area (Å²) >= 11 is 2.88. The zero-order chi connectivity index (χ0) is 14.8. The number of nitrogens with zero attached hydrogens (tertiary/aromatic N) is 1. The Hall–Kier alpha value is -0.800. The molecule has 0 aliphatic heterocycles. The highest BCUT2D eigenvalue weighted by Crippen LogP contribution is 2.32. The first-order chi connectivity index (χ1) is 8.60. The maximum atomic E-state index is 13.5. The summed E-state index contributed by atoms with van der Waals surface area (Å²) in [5.74, 6) is -1.04. The Morgan fingerprint density at radius 3 is 2.42 bits per heavy atom. The van der Waals surface area contributed by atoms with E-state index in [2.05, 4.69) is 20.9 Å². The van der Waals surface area contributed by atoms with Gasteiger partial charge in [0.1, 0.15) is 17.1 Å². The summed E-state index contributed by atoms with van der Waals surface area (Å²) in [5, 5.41) is 8.94. The molecule has 1 rings (SSSR count). The molecule has 2 unspecified atom stereocenters. The van der Waals surface area contributed by atoms with Gasteiger partial charge >= 0.3 is 6.18 Å². The lowest BCUT2D eigenvalue weighted by Crippen LogP contribution is -2.47. The normalized spacial score (nSPS) is 17.1. The fourth-order valence-electron chi connectivity index (χ4n) is 1.44. The highest BCUT2D eigenvalue weighted by molar-refractivity contribution is 9.10. The molecule has 1 aromatic rings. The van der Waals surface area contributed by atoms with Crippen molar-refractivity contribution in [2.45, 2.75) is 24.2 Å². The van der Waals surface area contributed by atoms with Crippen LogP contribution in [0.1, 0.15) is 12.1 Å². The van der Waals surface area contributed by atoms with E-state index in [0.29, 0.717) is 0 Å². The number of halogens is 6. The Balaban J connectivity index is 3.13. The van der Waals surface area contributed by atoms with Gasteiger partial charge in [0.15, 0.2) is 6.10 Å². The molecule has 0 bridgehead atoms. The number of aliphatic hydroxyl groups is 1. The quantitative estimate of drug-likeness (QED) is 0.649. The van der Waals surface area contributed by atoms with E-state index in [9.17, 15) is 22.0 Å². The molecule has 0 spiro atoms. The standard InChI is InChI=1S/C10H10BrF5N2O/c11-7-2-1-5(13)8(18-7)9(17,4-12)3-6(19)10(14,15)16/h1-2,6,19H,3-4,17H2. The number of aromatic nitrogens is 1. The van der Waals surface area contributed by atoms with Crippen LogP contribution in [0.15, 0.2) is 16.7 Å². The maximum Gasteiger partial charge on any atom is 0.414 e. The zero-order valence-electron chi connectivity index (χ0n) is 9.39. The second kappa shape index (κ2) is 5.68. The second-order valence-corrected chi connectivity index (χ2v) is 4.83. The smallest absolute Gasteiger partial charge is 0.384 e. The third-order valence-corrected chi connectivity index (χ3v) is 2.90. The predicted octanol–water partition coefficient (Wildman–Crippen LogP) is 2.42. The van der Waals surface area contributed by atoms with Crippen LogP contribution in [0.2, 0.25) is 0 Å². The molecule has 0 saturated carbocycles. The molecular formula is C10H10BrF5N2O. The molecule has 0 amide bonds. The monoisotopic (exact) mass is 348 g/mol. The molecule has 3 N–H and O–H groups in total. The molecule has 3 nitrogen and oxygen atoms in total. The molecule has 0 radical (unpaired) electrons. The molecule has 2 atom stereocenters. The van der Waals surface area contributed by atoms with Crippen LogP contribution in [-0.2, 0) is 5.54 Å². The van der Waals surface area contributed by atoms with Gasteiger partial charge in [0.25, 0.3) is 0 Å².